The van der Waals surface area contributed by atoms with Crippen LogP contribution in [0.2, 0.25) is 0 Å². The minimum atomic E-state index is -0.732. The van der Waals surface area contributed by atoms with Crippen LogP contribution in [0.25, 0.3) is 11.1 Å². The van der Waals surface area contributed by atoms with Gasteiger partial charge in [-0.3, -0.25) is 4.79 Å². The van der Waals surface area contributed by atoms with Gasteiger partial charge in [0, 0.05) is 6.92 Å². The average molecular weight is 368 g/mol. The number of benzene rings is 2. The fourth-order valence-electron chi connectivity index (χ4n) is 2.53. The maximum absolute atomic E-state index is 12.2. The van der Waals surface area contributed by atoms with Crippen molar-refractivity contribution in [1.29, 1.82) is 0 Å². The Kier molecular flexibility index (Phi) is 4.90. The summed E-state index contributed by atoms with van der Waals surface area (Å²) >= 11 is 4.62. The molecule has 0 unspecified atom stereocenters. The van der Waals surface area contributed by atoms with Crippen LogP contribution in [0.4, 0.5) is 0 Å². The van der Waals surface area contributed by atoms with Gasteiger partial charge in [0.25, 0.3) is 0 Å². The molecule has 0 fully saturated rings. The molecule has 1 aliphatic rings. The van der Waals surface area contributed by atoms with Crippen LogP contribution in [0.5, 0.6) is 11.5 Å². The van der Waals surface area contributed by atoms with Crippen molar-refractivity contribution in [3.63, 3.8) is 0 Å². The molecule has 0 N–H and O–H groups in total. The lowest BCUT2D eigenvalue weighted by Gasteiger charge is -2.06. The van der Waals surface area contributed by atoms with Crippen molar-refractivity contribution < 1.29 is 28.6 Å². The van der Waals surface area contributed by atoms with E-state index in [4.69, 9.17) is 14.2 Å². The zero-order chi connectivity index (χ0) is 18.7. The fraction of sp³-hybridized carbons (Fsp3) is 0.0526. The maximum Gasteiger partial charge on any atom is 0.347 e. The first-order valence-corrected chi connectivity index (χ1v) is 7.97. The molecule has 2 aromatic carbocycles. The van der Waals surface area contributed by atoms with E-state index in [1.807, 2.05) is 0 Å². The monoisotopic (exact) mass is 368 g/mol. The molecule has 0 saturated carbocycles. The summed E-state index contributed by atoms with van der Waals surface area (Å²) in [5.41, 5.74) is 2.41. The molecule has 0 bridgehead atoms. The van der Waals surface area contributed by atoms with E-state index in [0.717, 1.165) is 5.55 Å². The van der Waals surface area contributed by atoms with Crippen LogP contribution in [-0.4, -0.2) is 23.5 Å². The van der Waals surface area contributed by atoms with Gasteiger partial charge in [0.15, 0.2) is 5.55 Å². The minimum absolute atomic E-state index is 0.146. The van der Waals surface area contributed by atoms with E-state index in [9.17, 15) is 14.4 Å². The number of rotatable bonds is 5. The predicted molar refractivity (Wildman–Crippen MR) is 96.4 cm³/mol. The van der Waals surface area contributed by atoms with Crippen molar-refractivity contribution in [2.24, 2.45) is 0 Å². The van der Waals surface area contributed by atoms with E-state index in [-0.39, 0.29) is 11.1 Å². The fourth-order valence-corrected chi connectivity index (χ4v) is 2.64. The largest absolute Gasteiger partial charge is 0.454 e. The number of hydrogen-bond acceptors (Lipinski definition) is 7. The van der Waals surface area contributed by atoms with Gasteiger partial charge in [0.2, 0.25) is 0 Å². The van der Waals surface area contributed by atoms with Crippen LogP contribution in [0.15, 0.2) is 48.5 Å². The zero-order valence-corrected chi connectivity index (χ0v) is 14.4. The summed E-state index contributed by atoms with van der Waals surface area (Å²) in [5.74, 6) is -1.06. The van der Waals surface area contributed by atoms with Crippen molar-refractivity contribution in [1.82, 2.24) is 0 Å². The summed E-state index contributed by atoms with van der Waals surface area (Å²) < 4.78 is 14.8. The van der Waals surface area contributed by atoms with Crippen LogP contribution in [0.3, 0.4) is 0 Å². The molecule has 0 spiro atoms. The molecule has 0 aromatic heterocycles. The Bertz CT molecular complexity index is 926. The molecule has 1 aliphatic heterocycles. The first-order chi connectivity index (χ1) is 12.5. The molecule has 0 saturated heterocycles. The number of carbonyl (C=O) groups is 3. The highest BCUT2D eigenvalue weighted by molar-refractivity contribution is 7.78. The van der Waals surface area contributed by atoms with Crippen LogP contribution in [-0.2, 0) is 19.1 Å². The highest BCUT2D eigenvalue weighted by Gasteiger charge is 2.34. The molecular weight excluding hydrogens is 356 g/mol. The van der Waals surface area contributed by atoms with Crippen molar-refractivity contribution in [2.75, 3.05) is 0 Å². The lowest BCUT2D eigenvalue weighted by molar-refractivity contribution is -0.149. The third-order valence-corrected chi connectivity index (χ3v) is 3.67. The standard InChI is InChI=1S/C19H12O6S/c1-11(20)24-15-8-4-13(5-9-15)17-16(18(21)25-19(17)22)12-2-6-14(7-3-12)23-10-26/h2-10H,1H3. The highest BCUT2D eigenvalue weighted by atomic mass is 32.1. The molecule has 3 rings (SSSR count). The Morgan fingerprint density at radius 3 is 1.77 bits per heavy atom. The molecule has 2 aromatic rings. The summed E-state index contributed by atoms with van der Waals surface area (Å²) in [6, 6.07) is 12.8. The molecule has 0 amide bonds. The molecule has 1 heterocycles. The van der Waals surface area contributed by atoms with Gasteiger partial charge >= 0.3 is 17.9 Å². The summed E-state index contributed by atoms with van der Waals surface area (Å²) in [6.45, 7) is 1.29. The smallest absolute Gasteiger partial charge is 0.347 e. The normalized spacial score (nSPS) is 13.4. The van der Waals surface area contributed by atoms with E-state index < -0.39 is 17.9 Å². The van der Waals surface area contributed by atoms with E-state index in [1.165, 1.54) is 19.1 Å². The van der Waals surface area contributed by atoms with Crippen molar-refractivity contribution in [3.8, 4) is 11.5 Å². The van der Waals surface area contributed by atoms with Gasteiger partial charge in [-0.05, 0) is 47.6 Å². The second kappa shape index (κ2) is 7.28. The molecule has 26 heavy (non-hydrogen) atoms. The van der Waals surface area contributed by atoms with Crippen LogP contribution >= 0.6 is 12.2 Å². The molecule has 0 aliphatic carbocycles. The molecule has 0 radical (unpaired) electrons. The molecule has 7 heteroatoms. The van der Waals surface area contributed by atoms with Crippen molar-refractivity contribution in [2.45, 2.75) is 6.92 Å². The van der Waals surface area contributed by atoms with E-state index in [0.29, 0.717) is 22.6 Å². The third kappa shape index (κ3) is 3.52. The zero-order valence-electron chi connectivity index (χ0n) is 13.6. The van der Waals surface area contributed by atoms with Gasteiger partial charge in [0.05, 0.1) is 11.1 Å². The third-order valence-electron chi connectivity index (χ3n) is 3.58. The van der Waals surface area contributed by atoms with Crippen LogP contribution in [0, 0.1) is 0 Å². The number of esters is 3. The Morgan fingerprint density at radius 1 is 0.885 bits per heavy atom. The predicted octanol–water partition coefficient (Wildman–Crippen LogP) is 2.94. The number of carbonyl (C=O) groups excluding carboxylic acids is 3. The lowest BCUT2D eigenvalue weighted by Crippen LogP contribution is -2.02. The second-order valence-electron chi connectivity index (χ2n) is 5.28. The highest BCUT2D eigenvalue weighted by Crippen LogP contribution is 2.35. The maximum atomic E-state index is 12.2. The summed E-state index contributed by atoms with van der Waals surface area (Å²) in [4.78, 5) is 35.3. The first-order valence-electron chi connectivity index (χ1n) is 7.50. The van der Waals surface area contributed by atoms with E-state index >= 15 is 0 Å². The molecule has 130 valence electrons. The SMILES string of the molecule is CC(=O)Oc1ccc(C2=C(c3ccc(OC=S)cc3)C(=O)OC2=O)cc1. The summed E-state index contributed by atoms with van der Waals surface area (Å²) in [7, 11) is 0. The Morgan fingerprint density at radius 2 is 1.35 bits per heavy atom. The van der Waals surface area contributed by atoms with Crippen molar-refractivity contribution >= 4 is 46.8 Å². The van der Waals surface area contributed by atoms with Gasteiger partial charge in [-0.25, -0.2) is 9.59 Å². The number of cyclic esters (lactones) is 2. The minimum Gasteiger partial charge on any atom is -0.454 e. The van der Waals surface area contributed by atoms with Crippen molar-refractivity contribution in [3.05, 3.63) is 59.7 Å². The molecule has 0 atom stereocenters. The topological polar surface area (TPSA) is 78.9 Å². The first kappa shape index (κ1) is 17.5. The molecular formula is C19H12O6S. The van der Waals surface area contributed by atoms with Crippen LogP contribution < -0.4 is 9.47 Å². The Balaban J connectivity index is 2.02. The Hall–Kier alpha value is -3.32. The van der Waals surface area contributed by atoms with Gasteiger partial charge in [-0.2, -0.15) is 0 Å². The van der Waals surface area contributed by atoms with Gasteiger partial charge in [0.1, 0.15) is 11.5 Å². The van der Waals surface area contributed by atoms with Gasteiger partial charge in [-0.1, -0.05) is 24.3 Å². The summed E-state index contributed by atoms with van der Waals surface area (Å²) in [5, 5.41) is 0. The van der Waals surface area contributed by atoms with E-state index in [1.54, 1.807) is 36.4 Å². The number of thiocarbonyl (C=S) groups is 1. The second-order valence-corrected chi connectivity index (χ2v) is 5.48. The quantitative estimate of drug-likeness (QED) is 0.347. The number of hydrogen-bond donors (Lipinski definition) is 0. The van der Waals surface area contributed by atoms with Gasteiger partial charge in [-0.15, -0.1) is 0 Å². The molecule has 6 nitrogen and oxygen atoms in total. The van der Waals surface area contributed by atoms with E-state index in [2.05, 4.69) is 12.2 Å². The van der Waals surface area contributed by atoms with Gasteiger partial charge < -0.3 is 14.2 Å². The van der Waals surface area contributed by atoms with Crippen LogP contribution in [0.1, 0.15) is 18.1 Å². The summed E-state index contributed by atoms with van der Waals surface area (Å²) in [6.07, 6.45) is 0. The number of ether oxygens (including phenoxy) is 3. The average Bonchev–Trinajstić information content (AvgIpc) is 2.90. The lowest BCUT2D eigenvalue weighted by atomic mass is 9.96. The Labute approximate surface area is 154 Å².